The number of carbonyl (C=O) groups is 2. The summed E-state index contributed by atoms with van der Waals surface area (Å²) in [6, 6.07) is 7.72. The number of benzene rings is 1. The van der Waals surface area contributed by atoms with E-state index in [9.17, 15) is 9.59 Å². The fraction of sp³-hybridized carbons (Fsp3) is 0.556. The standard InChI is InChI=1S/C18H26N2O3/c1-5-18(10-11-19-16(22)23-17(2,3)4)12-20-15(21)13-8-6-7-9-14(13)18/h6-9H,5,10-12H2,1-4H3,(H,19,22)(H,20,21). The van der Waals surface area contributed by atoms with E-state index in [1.54, 1.807) is 0 Å². The lowest BCUT2D eigenvalue weighted by Gasteiger charge is -2.38. The zero-order chi connectivity index (χ0) is 17.1. The molecule has 0 radical (unpaired) electrons. The van der Waals surface area contributed by atoms with Gasteiger partial charge in [0.05, 0.1) is 0 Å². The van der Waals surface area contributed by atoms with Gasteiger partial charge in [-0.1, -0.05) is 25.1 Å². The van der Waals surface area contributed by atoms with Crippen molar-refractivity contribution >= 4 is 12.0 Å². The number of carbonyl (C=O) groups excluding carboxylic acids is 2. The molecule has 0 fully saturated rings. The third-order valence-corrected chi connectivity index (χ3v) is 4.28. The van der Waals surface area contributed by atoms with E-state index in [0.717, 1.165) is 24.0 Å². The molecule has 1 aromatic carbocycles. The van der Waals surface area contributed by atoms with Crippen LogP contribution in [-0.4, -0.2) is 30.7 Å². The number of hydrogen-bond acceptors (Lipinski definition) is 3. The number of rotatable bonds is 4. The molecule has 5 heteroatoms. The minimum Gasteiger partial charge on any atom is -0.444 e. The lowest BCUT2D eigenvalue weighted by atomic mass is 9.71. The third kappa shape index (κ3) is 4.03. The summed E-state index contributed by atoms with van der Waals surface area (Å²) >= 11 is 0. The first-order valence-corrected chi connectivity index (χ1v) is 8.12. The predicted molar refractivity (Wildman–Crippen MR) is 89.6 cm³/mol. The van der Waals surface area contributed by atoms with Crippen molar-refractivity contribution in [2.24, 2.45) is 0 Å². The van der Waals surface area contributed by atoms with Crippen LogP contribution < -0.4 is 10.6 Å². The molecular weight excluding hydrogens is 292 g/mol. The van der Waals surface area contributed by atoms with E-state index in [-0.39, 0.29) is 11.3 Å². The van der Waals surface area contributed by atoms with Gasteiger partial charge in [0.15, 0.2) is 0 Å². The summed E-state index contributed by atoms with van der Waals surface area (Å²) in [6.07, 6.45) is 1.23. The molecule has 1 heterocycles. The second kappa shape index (κ2) is 6.60. The SMILES string of the molecule is CCC1(CCNC(=O)OC(C)(C)C)CNC(=O)c2ccccc21. The van der Waals surface area contributed by atoms with Crippen molar-refractivity contribution in [1.82, 2.24) is 10.6 Å². The Morgan fingerprint density at radius 2 is 2.04 bits per heavy atom. The van der Waals surface area contributed by atoms with Gasteiger partial charge in [0.2, 0.25) is 0 Å². The highest BCUT2D eigenvalue weighted by Gasteiger charge is 2.37. The maximum Gasteiger partial charge on any atom is 0.407 e. The molecule has 0 bridgehead atoms. The van der Waals surface area contributed by atoms with Crippen molar-refractivity contribution in [3.8, 4) is 0 Å². The van der Waals surface area contributed by atoms with Crippen molar-refractivity contribution in [3.63, 3.8) is 0 Å². The van der Waals surface area contributed by atoms with E-state index in [0.29, 0.717) is 13.1 Å². The number of alkyl carbamates (subject to hydrolysis) is 1. The van der Waals surface area contributed by atoms with E-state index in [1.807, 2.05) is 45.0 Å². The van der Waals surface area contributed by atoms with Crippen LogP contribution in [0.15, 0.2) is 24.3 Å². The number of amides is 2. The van der Waals surface area contributed by atoms with Gasteiger partial charge in [-0.25, -0.2) is 4.79 Å². The van der Waals surface area contributed by atoms with Crippen LogP contribution >= 0.6 is 0 Å². The number of nitrogens with one attached hydrogen (secondary N) is 2. The molecule has 23 heavy (non-hydrogen) atoms. The Morgan fingerprint density at radius 1 is 1.35 bits per heavy atom. The second-order valence-corrected chi connectivity index (χ2v) is 7.04. The maximum atomic E-state index is 12.0. The Hall–Kier alpha value is -2.04. The normalized spacial score (nSPS) is 20.4. The van der Waals surface area contributed by atoms with Crippen LogP contribution in [0.4, 0.5) is 4.79 Å². The van der Waals surface area contributed by atoms with Crippen LogP contribution in [0.5, 0.6) is 0 Å². The number of fused-ring (bicyclic) bond motifs is 1. The summed E-state index contributed by atoms with van der Waals surface area (Å²) in [7, 11) is 0. The topological polar surface area (TPSA) is 67.4 Å². The molecule has 5 nitrogen and oxygen atoms in total. The van der Waals surface area contributed by atoms with Crippen molar-refractivity contribution in [3.05, 3.63) is 35.4 Å². The summed E-state index contributed by atoms with van der Waals surface area (Å²) in [6.45, 7) is 8.73. The largest absolute Gasteiger partial charge is 0.444 e. The smallest absolute Gasteiger partial charge is 0.407 e. The molecule has 1 atom stereocenters. The van der Waals surface area contributed by atoms with Gasteiger partial charge in [0.1, 0.15) is 5.60 Å². The highest BCUT2D eigenvalue weighted by atomic mass is 16.6. The van der Waals surface area contributed by atoms with E-state index in [2.05, 4.69) is 17.6 Å². The molecule has 2 rings (SSSR count). The molecule has 2 N–H and O–H groups in total. The summed E-state index contributed by atoms with van der Waals surface area (Å²) in [5, 5.41) is 5.79. The summed E-state index contributed by atoms with van der Waals surface area (Å²) in [5.41, 5.74) is 1.15. The van der Waals surface area contributed by atoms with Gasteiger partial charge in [-0.15, -0.1) is 0 Å². The van der Waals surface area contributed by atoms with E-state index in [4.69, 9.17) is 4.74 Å². The van der Waals surface area contributed by atoms with E-state index >= 15 is 0 Å². The third-order valence-electron chi connectivity index (χ3n) is 4.28. The Balaban J connectivity index is 2.07. The van der Waals surface area contributed by atoms with E-state index in [1.165, 1.54) is 0 Å². The minimum atomic E-state index is -0.502. The summed E-state index contributed by atoms with van der Waals surface area (Å²) < 4.78 is 5.26. The number of ether oxygens (including phenoxy) is 1. The molecule has 0 aromatic heterocycles. The van der Waals surface area contributed by atoms with Crippen molar-refractivity contribution in [2.75, 3.05) is 13.1 Å². The van der Waals surface area contributed by atoms with Gasteiger partial charge in [0, 0.05) is 24.1 Å². The molecule has 0 aliphatic carbocycles. The zero-order valence-electron chi connectivity index (χ0n) is 14.4. The van der Waals surface area contributed by atoms with Crippen LogP contribution in [0, 0.1) is 0 Å². The van der Waals surface area contributed by atoms with Crippen molar-refractivity contribution in [1.29, 1.82) is 0 Å². The predicted octanol–water partition coefficient (Wildman–Crippen LogP) is 2.99. The van der Waals surface area contributed by atoms with Gasteiger partial charge >= 0.3 is 6.09 Å². The average Bonchev–Trinajstić information content (AvgIpc) is 2.48. The second-order valence-electron chi connectivity index (χ2n) is 7.04. The highest BCUT2D eigenvalue weighted by molar-refractivity contribution is 5.97. The summed E-state index contributed by atoms with van der Waals surface area (Å²) in [5.74, 6) is -0.0234. The van der Waals surface area contributed by atoms with E-state index < -0.39 is 11.7 Å². The van der Waals surface area contributed by atoms with Crippen LogP contribution in [-0.2, 0) is 10.2 Å². The Morgan fingerprint density at radius 3 is 2.70 bits per heavy atom. The van der Waals surface area contributed by atoms with Gasteiger partial charge in [-0.2, -0.15) is 0 Å². The molecule has 0 saturated carbocycles. The maximum absolute atomic E-state index is 12.0. The van der Waals surface area contributed by atoms with Crippen LogP contribution in [0.1, 0.15) is 56.5 Å². The molecule has 1 aliphatic rings. The van der Waals surface area contributed by atoms with Crippen LogP contribution in [0.25, 0.3) is 0 Å². The quantitative estimate of drug-likeness (QED) is 0.897. The Kier molecular flexibility index (Phi) is 4.97. The van der Waals surface area contributed by atoms with Crippen molar-refractivity contribution in [2.45, 2.75) is 51.6 Å². The molecule has 126 valence electrons. The lowest BCUT2D eigenvalue weighted by Crippen LogP contribution is -2.48. The van der Waals surface area contributed by atoms with Crippen LogP contribution in [0.2, 0.25) is 0 Å². The lowest BCUT2D eigenvalue weighted by molar-refractivity contribution is 0.0522. The first-order valence-electron chi connectivity index (χ1n) is 8.12. The minimum absolute atomic E-state index is 0.0234. The fourth-order valence-corrected chi connectivity index (χ4v) is 3.02. The monoisotopic (exact) mass is 318 g/mol. The number of hydrogen-bond donors (Lipinski definition) is 2. The first-order chi connectivity index (χ1) is 10.8. The molecule has 1 aliphatic heterocycles. The van der Waals surface area contributed by atoms with Crippen molar-refractivity contribution < 1.29 is 14.3 Å². The highest BCUT2D eigenvalue weighted by Crippen LogP contribution is 2.35. The first kappa shape index (κ1) is 17.3. The van der Waals surface area contributed by atoms with Gasteiger partial charge in [0.25, 0.3) is 5.91 Å². The molecule has 0 spiro atoms. The Labute approximate surface area is 137 Å². The molecule has 0 saturated heterocycles. The zero-order valence-corrected chi connectivity index (χ0v) is 14.4. The molecule has 2 amide bonds. The average molecular weight is 318 g/mol. The van der Waals surface area contributed by atoms with Gasteiger partial charge in [-0.3, -0.25) is 4.79 Å². The van der Waals surface area contributed by atoms with Crippen LogP contribution in [0.3, 0.4) is 0 Å². The van der Waals surface area contributed by atoms with Gasteiger partial charge in [-0.05, 0) is 45.2 Å². The fourth-order valence-electron chi connectivity index (χ4n) is 3.02. The summed E-state index contributed by atoms with van der Waals surface area (Å²) in [4.78, 5) is 23.8. The van der Waals surface area contributed by atoms with Gasteiger partial charge < -0.3 is 15.4 Å². The Bertz CT molecular complexity index is 592. The molecule has 1 unspecified atom stereocenters. The molecule has 1 aromatic rings. The molecular formula is C18H26N2O3.